The number of hydrogen-bond donors (Lipinski definition) is 2. The van der Waals surface area contributed by atoms with Gasteiger partial charge in [0, 0.05) is 33.0 Å². The first-order chi connectivity index (χ1) is 14.8. The lowest BCUT2D eigenvalue weighted by atomic mass is 9.69. The van der Waals surface area contributed by atoms with E-state index < -0.39 is 0 Å². The van der Waals surface area contributed by atoms with Crippen molar-refractivity contribution in [1.82, 2.24) is 10.6 Å². The molecular formula is C25H35N3O3. The highest BCUT2D eigenvalue weighted by Gasteiger charge is 2.32. The average molecular weight is 426 g/mol. The molecule has 1 aliphatic rings. The molecule has 0 heterocycles. The Hall–Kier alpha value is -2.65. The summed E-state index contributed by atoms with van der Waals surface area (Å²) in [7, 11) is 1.59. The lowest BCUT2D eigenvalue weighted by Gasteiger charge is -2.37. The largest absolute Gasteiger partial charge is 0.384 e. The smallest absolute Gasteiger partial charge is 0.222 e. The zero-order valence-corrected chi connectivity index (χ0v) is 19.1. The number of allylic oxidation sites excluding steroid dienone is 1. The van der Waals surface area contributed by atoms with Crippen LogP contribution in [0.5, 0.6) is 0 Å². The molecule has 168 valence electrons. The quantitative estimate of drug-likeness (QED) is 0.561. The van der Waals surface area contributed by atoms with Crippen molar-refractivity contribution >= 4 is 11.8 Å². The van der Waals surface area contributed by atoms with Gasteiger partial charge in [0.05, 0.1) is 18.2 Å². The predicted octanol–water partition coefficient (Wildman–Crippen LogP) is 3.57. The molecular weight excluding hydrogens is 390 g/mol. The van der Waals surface area contributed by atoms with Crippen LogP contribution in [0, 0.1) is 35.0 Å². The minimum absolute atomic E-state index is 0.0136. The average Bonchev–Trinajstić information content (AvgIpc) is 2.76. The monoisotopic (exact) mass is 425 g/mol. The number of ether oxygens (including phenoxy) is 1. The number of carbonyl (C=O) groups is 2. The molecule has 0 saturated carbocycles. The van der Waals surface area contributed by atoms with E-state index >= 15 is 0 Å². The maximum absolute atomic E-state index is 12.6. The summed E-state index contributed by atoms with van der Waals surface area (Å²) in [6.07, 6.45) is 4.04. The molecule has 31 heavy (non-hydrogen) atoms. The number of nitrogens with zero attached hydrogens (tertiary/aromatic N) is 1. The van der Waals surface area contributed by atoms with Gasteiger partial charge in [0.1, 0.15) is 0 Å². The molecule has 0 saturated heterocycles. The second-order valence-electron chi connectivity index (χ2n) is 8.75. The van der Waals surface area contributed by atoms with Crippen molar-refractivity contribution < 1.29 is 14.3 Å². The minimum Gasteiger partial charge on any atom is -0.384 e. The van der Waals surface area contributed by atoms with Crippen molar-refractivity contribution in [2.45, 2.75) is 46.6 Å². The number of nitrogens with one attached hydrogen (secondary N) is 2. The van der Waals surface area contributed by atoms with Gasteiger partial charge < -0.3 is 15.4 Å². The van der Waals surface area contributed by atoms with Gasteiger partial charge in [0.15, 0.2) is 0 Å². The van der Waals surface area contributed by atoms with Gasteiger partial charge in [0.25, 0.3) is 0 Å². The van der Waals surface area contributed by atoms with Crippen LogP contribution in [0.15, 0.2) is 35.9 Å². The van der Waals surface area contributed by atoms with E-state index in [1.54, 1.807) is 19.2 Å². The van der Waals surface area contributed by atoms with Gasteiger partial charge in [-0.15, -0.1) is 0 Å². The topological polar surface area (TPSA) is 91.2 Å². The number of rotatable bonds is 10. The molecule has 0 aromatic heterocycles. The lowest BCUT2D eigenvalue weighted by molar-refractivity contribution is -0.122. The van der Waals surface area contributed by atoms with E-state index in [1.165, 1.54) is 5.57 Å². The molecule has 6 nitrogen and oxygen atoms in total. The summed E-state index contributed by atoms with van der Waals surface area (Å²) >= 11 is 0. The van der Waals surface area contributed by atoms with Crippen LogP contribution in [0.1, 0.15) is 51.2 Å². The molecule has 0 bridgehead atoms. The van der Waals surface area contributed by atoms with E-state index in [9.17, 15) is 9.59 Å². The van der Waals surface area contributed by atoms with Crippen molar-refractivity contribution in [3.05, 3.63) is 47.0 Å². The van der Waals surface area contributed by atoms with Gasteiger partial charge in [-0.2, -0.15) is 5.26 Å². The Morgan fingerprint density at radius 2 is 1.90 bits per heavy atom. The Balaban J connectivity index is 1.91. The maximum atomic E-state index is 12.6. The number of hydrogen-bond acceptors (Lipinski definition) is 4. The summed E-state index contributed by atoms with van der Waals surface area (Å²) in [5.41, 5.74) is 2.82. The molecule has 6 heteroatoms. The Morgan fingerprint density at radius 3 is 2.52 bits per heavy atom. The normalized spacial score (nSPS) is 20.6. The third-order valence-corrected chi connectivity index (χ3v) is 6.16. The van der Waals surface area contributed by atoms with Gasteiger partial charge in [-0.05, 0) is 54.7 Å². The standard InChI is InChI=1S/C25H35N3O3/c1-17(2)23-12-21(18(3)11-22(23)16-28-24(29)9-10-31-4)13-25(30)27-15-20-7-5-19(14-26)6-8-20/h5-8,11,17,21-23H,9-10,12-13,15-16H2,1-4H3,(H,27,30)(H,28,29)/t21-,22-,23-/m0/s1. The number of methoxy groups -OCH3 is 1. The molecule has 0 aliphatic heterocycles. The summed E-state index contributed by atoms with van der Waals surface area (Å²) in [4.78, 5) is 24.5. The van der Waals surface area contributed by atoms with Crippen molar-refractivity contribution in [3.8, 4) is 6.07 Å². The van der Waals surface area contributed by atoms with Crippen LogP contribution in [0.25, 0.3) is 0 Å². The number of amides is 2. The SMILES string of the molecule is COCCC(=O)NC[C@@H]1C=C(C)[C@H](CC(=O)NCc2ccc(C#N)cc2)C[C@H]1C(C)C. The first-order valence-electron chi connectivity index (χ1n) is 11.0. The molecule has 0 unspecified atom stereocenters. The fraction of sp³-hybridized carbons (Fsp3) is 0.560. The molecule has 0 fully saturated rings. The number of carbonyl (C=O) groups excluding carboxylic acids is 2. The van der Waals surface area contributed by atoms with E-state index in [4.69, 9.17) is 10.00 Å². The van der Waals surface area contributed by atoms with Gasteiger partial charge in [-0.3, -0.25) is 9.59 Å². The molecule has 1 aliphatic carbocycles. The van der Waals surface area contributed by atoms with E-state index in [1.807, 2.05) is 12.1 Å². The first kappa shape index (κ1) is 24.6. The molecule has 3 atom stereocenters. The van der Waals surface area contributed by atoms with E-state index in [-0.39, 0.29) is 23.7 Å². The van der Waals surface area contributed by atoms with Crippen LogP contribution in [0.3, 0.4) is 0 Å². The Labute approximate surface area is 186 Å². The second-order valence-corrected chi connectivity index (χ2v) is 8.75. The summed E-state index contributed by atoms with van der Waals surface area (Å²) in [5, 5.41) is 14.9. The fourth-order valence-corrected chi connectivity index (χ4v) is 4.22. The number of benzene rings is 1. The minimum atomic E-state index is 0.0136. The highest BCUT2D eigenvalue weighted by atomic mass is 16.5. The Kier molecular flexibility index (Phi) is 9.74. The predicted molar refractivity (Wildman–Crippen MR) is 121 cm³/mol. The highest BCUT2D eigenvalue weighted by Crippen LogP contribution is 2.38. The molecule has 1 aromatic rings. The molecule has 2 N–H and O–H groups in total. The van der Waals surface area contributed by atoms with Crippen LogP contribution in [0.4, 0.5) is 0 Å². The van der Waals surface area contributed by atoms with Crippen LogP contribution in [-0.4, -0.2) is 32.1 Å². The van der Waals surface area contributed by atoms with Gasteiger partial charge in [-0.1, -0.05) is 37.6 Å². The summed E-state index contributed by atoms with van der Waals surface area (Å²) in [6.45, 7) is 8.03. The maximum Gasteiger partial charge on any atom is 0.222 e. The lowest BCUT2D eigenvalue weighted by Crippen LogP contribution is -2.38. The van der Waals surface area contributed by atoms with Crippen molar-refractivity contribution in [1.29, 1.82) is 5.26 Å². The zero-order valence-electron chi connectivity index (χ0n) is 19.1. The fourth-order valence-electron chi connectivity index (χ4n) is 4.22. The number of nitriles is 1. The molecule has 0 radical (unpaired) electrons. The molecule has 2 amide bonds. The second kappa shape index (κ2) is 12.3. The van der Waals surface area contributed by atoms with Gasteiger partial charge in [-0.25, -0.2) is 0 Å². The Bertz CT molecular complexity index is 808. The summed E-state index contributed by atoms with van der Waals surface area (Å²) in [5.74, 6) is 1.44. The van der Waals surface area contributed by atoms with Crippen LogP contribution in [0.2, 0.25) is 0 Å². The van der Waals surface area contributed by atoms with E-state index in [0.717, 1.165) is 12.0 Å². The van der Waals surface area contributed by atoms with Crippen LogP contribution in [-0.2, 0) is 20.9 Å². The highest BCUT2D eigenvalue weighted by molar-refractivity contribution is 5.77. The van der Waals surface area contributed by atoms with Crippen molar-refractivity contribution in [3.63, 3.8) is 0 Å². The molecule has 1 aromatic carbocycles. The third kappa shape index (κ3) is 7.84. The molecule has 2 rings (SSSR count). The summed E-state index contributed by atoms with van der Waals surface area (Å²) in [6, 6.07) is 9.35. The van der Waals surface area contributed by atoms with E-state index in [0.29, 0.717) is 49.9 Å². The third-order valence-electron chi connectivity index (χ3n) is 6.16. The molecule has 0 spiro atoms. The summed E-state index contributed by atoms with van der Waals surface area (Å²) < 4.78 is 4.97. The Morgan fingerprint density at radius 1 is 1.19 bits per heavy atom. The first-order valence-corrected chi connectivity index (χ1v) is 11.0. The van der Waals surface area contributed by atoms with Gasteiger partial charge >= 0.3 is 0 Å². The zero-order chi connectivity index (χ0) is 22.8. The van der Waals surface area contributed by atoms with E-state index in [2.05, 4.69) is 43.6 Å². The van der Waals surface area contributed by atoms with Gasteiger partial charge in [0.2, 0.25) is 11.8 Å². The van der Waals surface area contributed by atoms with Crippen LogP contribution < -0.4 is 10.6 Å². The van der Waals surface area contributed by atoms with Crippen LogP contribution >= 0.6 is 0 Å². The van der Waals surface area contributed by atoms with Crippen molar-refractivity contribution in [2.75, 3.05) is 20.3 Å². The van der Waals surface area contributed by atoms with Crippen molar-refractivity contribution in [2.24, 2.45) is 23.7 Å².